The Morgan fingerprint density at radius 2 is 1.95 bits per heavy atom. The fraction of sp³-hybridized carbons (Fsp3) is 0.571. The minimum absolute atomic E-state index is 0.152. The normalized spacial score (nSPS) is 13.4. The summed E-state index contributed by atoms with van der Waals surface area (Å²) in [7, 11) is -0.515. The summed E-state index contributed by atoms with van der Waals surface area (Å²) in [6.45, 7) is 4.23. The number of nitrogen functional groups attached to an aromatic ring is 1. The van der Waals surface area contributed by atoms with Gasteiger partial charge in [-0.1, -0.05) is 26.3 Å². The Morgan fingerprint density at radius 3 is 2.45 bits per heavy atom. The summed E-state index contributed by atoms with van der Waals surface area (Å²) >= 11 is 0. The molecular weight excluding hydrogens is 274 g/mol. The molecule has 0 fully saturated rings. The number of sulfonamides is 1. The second-order valence-electron chi connectivity index (χ2n) is 5.04. The van der Waals surface area contributed by atoms with Gasteiger partial charge >= 0.3 is 0 Å². The van der Waals surface area contributed by atoms with Crippen molar-refractivity contribution in [2.45, 2.75) is 44.0 Å². The number of para-hydroxylation sites is 1. The van der Waals surface area contributed by atoms with E-state index >= 15 is 0 Å². The van der Waals surface area contributed by atoms with Gasteiger partial charge in [-0.25, -0.2) is 12.7 Å². The molecule has 0 aliphatic carbocycles. The standard InChI is InChI=1S/C14H25N3O2S/c1-5-8-11(6-2)16-12-9-7-10-13(14(12)15)20(18,19)17(3)4/h7,9-11,16H,5-6,8,15H2,1-4H3. The number of benzene rings is 1. The summed E-state index contributed by atoms with van der Waals surface area (Å²) < 4.78 is 25.6. The van der Waals surface area contributed by atoms with Crippen molar-refractivity contribution >= 4 is 21.4 Å². The SMILES string of the molecule is CCCC(CC)Nc1cccc(S(=O)(=O)N(C)C)c1N. The molecule has 1 aromatic rings. The number of anilines is 2. The maximum atomic E-state index is 12.2. The fourth-order valence-corrected chi connectivity index (χ4v) is 3.07. The average molecular weight is 299 g/mol. The summed E-state index contributed by atoms with van der Waals surface area (Å²) in [6, 6.07) is 5.38. The molecule has 5 nitrogen and oxygen atoms in total. The smallest absolute Gasteiger partial charge is 0.244 e. The zero-order valence-corrected chi connectivity index (χ0v) is 13.5. The minimum Gasteiger partial charge on any atom is -0.396 e. The van der Waals surface area contributed by atoms with E-state index in [1.807, 2.05) is 6.07 Å². The molecule has 1 unspecified atom stereocenters. The van der Waals surface area contributed by atoms with Gasteiger partial charge < -0.3 is 11.1 Å². The number of hydrogen-bond acceptors (Lipinski definition) is 4. The molecule has 3 N–H and O–H groups in total. The van der Waals surface area contributed by atoms with Crippen molar-refractivity contribution in [2.75, 3.05) is 25.1 Å². The zero-order chi connectivity index (χ0) is 15.3. The van der Waals surface area contributed by atoms with Crippen LogP contribution in [0, 0.1) is 0 Å². The molecule has 20 heavy (non-hydrogen) atoms. The van der Waals surface area contributed by atoms with E-state index in [2.05, 4.69) is 19.2 Å². The Hall–Kier alpha value is -1.27. The largest absolute Gasteiger partial charge is 0.396 e. The van der Waals surface area contributed by atoms with Crippen molar-refractivity contribution in [3.05, 3.63) is 18.2 Å². The first-order valence-corrected chi connectivity index (χ1v) is 8.36. The quantitative estimate of drug-likeness (QED) is 0.759. The van der Waals surface area contributed by atoms with Crippen LogP contribution in [-0.4, -0.2) is 32.9 Å². The van der Waals surface area contributed by atoms with E-state index in [9.17, 15) is 8.42 Å². The molecule has 1 rings (SSSR count). The van der Waals surface area contributed by atoms with Gasteiger partial charge in [0.2, 0.25) is 10.0 Å². The number of nitrogens with one attached hydrogen (secondary N) is 1. The lowest BCUT2D eigenvalue weighted by atomic mass is 10.1. The summed E-state index contributed by atoms with van der Waals surface area (Å²) in [5.74, 6) is 0. The monoisotopic (exact) mass is 299 g/mol. The Labute approximate surface area is 122 Å². The lowest BCUT2D eigenvalue weighted by molar-refractivity contribution is 0.521. The van der Waals surface area contributed by atoms with Crippen LogP contribution >= 0.6 is 0 Å². The summed E-state index contributed by atoms with van der Waals surface area (Å²) in [5, 5.41) is 3.34. The van der Waals surface area contributed by atoms with Crippen LogP contribution in [0.15, 0.2) is 23.1 Å². The fourth-order valence-electron chi connectivity index (χ4n) is 2.04. The molecule has 114 valence electrons. The highest BCUT2D eigenvalue weighted by atomic mass is 32.2. The molecule has 0 heterocycles. The Bertz CT molecular complexity index is 541. The highest BCUT2D eigenvalue weighted by molar-refractivity contribution is 7.89. The van der Waals surface area contributed by atoms with Crippen LogP contribution in [0.2, 0.25) is 0 Å². The molecule has 0 amide bonds. The van der Waals surface area contributed by atoms with Crippen LogP contribution in [0.25, 0.3) is 0 Å². The average Bonchev–Trinajstić information content (AvgIpc) is 2.39. The highest BCUT2D eigenvalue weighted by Gasteiger charge is 2.22. The number of nitrogens with two attached hydrogens (primary N) is 1. The molecular formula is C14H25N3O2S. The molecule has 0 aliphatic heterocycles. The Balaban J connectivity index is 3.14. The van der Waals surface area contributed by atoms with Gasteiger partial charge in [-0.3, -0.25) is 0 Å². The maximum absolute atomic E-state index is 12.2. The predicted octanol–water partition coefficient (Wildman–Crippen LogP) is 2.51. The van der Waals surface area contributed by atoms with Crippen molar-refractivity contribution < 1.29 is 8.42 Å². The molecule has 1 aromatic carbocycles. The van der Waals surface area contributed by atoms with Crippen LogP contribution in [0.1, 0.15) is 33.1 Å². The third-order valence-electron chi connectivity index (χ3n) is 3.31. The van der Waals surface area contributed by atoms with Crippen LogP contribution in [0.3, 0.4) is 0 Å². The lowest BCUT2D eigenvalue weighted by Crippen LogP contribution is -2.24. The second kappa shape index (κ2) is 6.95. The van der Waals surface area contributed by atoms with Gasteiger partial charge in [0, 0.05) is 20.1 Å². The molecule has 1 atom stereocenters. The third-order valence-corrected chi connectivity index (χ3v) is 5.19. The number of nitrogens with zero attached hydrogens (tertiary/aromatic N) is 1. The van der Waals surface area contributed by atoms with E-state index < -0.39 is 10.0 Å². The van der Waals surface area contributed by atoms with Crippen molar-refractivity contribution in [3.63, 3.8) is 0 Å². The second-order valence-corrected chi connectivity index (χ2v) is 7.16. The number of rotatable bonds is 7. The summed E-state index contributed by atoms with van der Waals surface area (Å²) in [4.78, 5) is 0.152. The van der Waals surface area contributed by atoms with E-state index in [1.165, 1.54) is 24.5 Å². The molecule has 0 aromatic heterocycles. The first-order valence-electron chi connectivity index (χ1n) is 6.92. The van der Waals surface area contributed by atoms with Crippen molar-refractivity contribution in [3.8, 4) is 0 Å². The van der Waals surface area contributed by atoms with E-state index in [0.29, 0.717) is 11.7 Å². The van der Waals surface area contributed by atoms with E-state index in [0.717, 1.165) is 19.3 Å². The van der Waals surface area contributed by atoms with E-state index in [-0.39, 0.29) is 10.6 Å². The van der Waals surface area contributed by atoms with Crippen molar-refractivity contribution in [1.82, 2.24) is 4.31 Å². The van der Waals surface area contributed by atoms with Gasteiger partial charge in [0.1, 0.15) is 4.90 Å². The molecule has 0 aliphatic rings. The molecule has 0 spiro atoms. The van der Waals surface area contributed by atoms with E-state index in [4.69, 9.17) is 5.73 Å². The summed E-state index contributed by atoms with van der Waals surface area (Å²) in [6.07, 6.45) is 3.07. The van der Waals surface area contributed by atoms with Crippen LogP contribution < -0.4 is 11.1 Å². The molecule has 0 radical (unpaired) electrons. The number of hydrogen-bond donors (Lipinski definition) is 2. The van der Waals surface area contributed by atoms with E-state index in [1.54, 1.807) is 6.07 Å². The first kappa shape index (κ1) is 16.8. The lowest BCUT2D eigenvalue weighted by Gasteiger charge is -2.21. The predicted molar refractivity (Wildman–Crippen MR) is 84.3 cm³/mol. The molecule has 0 saturated carbocycles. The first-order chi connectivity index (χ1) is 9.34. The van der Waals surface area contributed by atoms with Gasteiger partial charge in [0.25, 0.3) is 0 Å². The summed E-state index contributed by atoms with van der Waals surface area (Å²) in [5.41, 5.74) is 7.01. The molecule has 0 saturated heterocycles. The van der Waals surface area contributed by atoms with Gasteiger partial charge in [-0.2, -0.15) is 0 Å². The maximum Gasteiger partial charge on any atom is 0.244 e. The zero-order valence-electron chi connectivity index (χ0n) is 12.7. The van der Waals surface area contributed by atoms with Crippen LogP contribution in [0.4, 0.5) is 11.4 Å². The Kier molecular flexibility index (Phi) is 5.83. The topological polar surface area (TPSA) is 75.4 Å². The van der Waals surface area contributed by atoms with Crippen molar-refractivity contribution in [2.24, 2.45) is 0 Å². The van der Waals surface area contributed by atoms with Gasteiger partial charge in [0.15, 0.2) is 0 Å². The van der Waals surface area contributed by atoms with Crippen LogP contribution in [-0.2, 0) is 10.0 Å². The molecule has 6 heteroatoms. The van der Waals surface area contributed by atoms with Gasteiger partial charge in [0.05, 0.1) is 11.4 Å². The van der Waals surface area contributed by atoms with Crippen LogP contribution in [0.5, 0.6) is 0 Å². The highest BCUT2D eigenvalue weighted by Crippen LogP contribution is 2.29. The molecule has 0 bridgehead atoms. The third kappa shape index (κ3) is 3.64. The van der Waals surface area contributed by atoms with Gasteiger partial charge in [-0.05, 0) is 25.0 Å². The van der Waals surface area contributed by atoms with Gasteiger partial charge in [-0.15, -0.1) is 0 Å². The Morgan fingerprint density at radius 1 is 1.30 bits per heavy atom. The van der Waals surface area contributed by atoms with Crippen molar-refractivity contribution in [1.29, 1.82) is 0 Å². The minimum atomic E-state index is -3.52.